The Hall–Kier alpha value is -3.62. The third-order valence-corrected chi connectivity index (χ3v) is 6.63. The number of anilines is 1. The second-order valence-electron chi connectivity index (χ2n) is 9.37. The average molecular weight is 490 g/mol. The molecule has 0 radical (unpaired) electrons. The highest BCUT2D eigenvalue weighted by Crippen LogP contribution is 2.45. The van der Waals surface area contributed by atoms with Crippen LogP contribution in [-0.2, 0) is 9.53 Å². The third-order valence-electron chi connectivity index (χ3n) is 6.63. The topological polar surface area (TPSA) is 82.2 Å². The number of pyridine rings is 1. The molecule has 0 atom stereocenters. The van der Waals surface area contributed by atoms with E-state index in [4.69, 9.17) is 18.9 Å². The molecule has 2 aromatic carbocycles. The van der Waals surface area contributed by atoms with Gasteiger partial charge < -0.3 is 24.3 Å². The van der Waals surface area contributed by atoms with E-state index in [1.54, 1.807) is 19.6 Å². The van der Waals surface area contributed by atoms with Gasteiger partial charge in [0.15, 0.2) is 11.5 Å². The molecule has 0 bridgehead atoms. The first-order valence-corrected chi connectivity index (χ1v) is 12.2. The number of carbonyl (C=O) groups is 1. The van der Waals surface area contributed by atoms with E-state index in [0.717, 1.165) is 62.3 Å². The van der Waals surface area contributed by atoms with Crippen LogP contribution in [0.15, 0.2) is 61.0 Å². The minimum Gasteiger partial charge on any atom is -0.493 e. The lowest BCUT2D eigenvalue weighted by molar-refractivity contribution is -0.120. The van der Waals surface area contributed by atoms with Gasteiger partial charge in [0.1, 0.15) is 11.5 Å². The van der Waals surface area contributed by atoms with Gasteiger partial charge in [0.25, 0.3) is 0 Å². The lowest BCUT2D eigenvalue weighted by Crippen LogP contribution is -2.36. The molecule has 5 rings (SSSR count). The maximum atomic E-state index is 12.3. The molecule has 2 aliphatic rings. The van der Waals surface area contributed by atoms with Gasteiger partial charge in [-0.15, -0.1) is 0 Å². The molecule has 1 aliphatic carbocycles. The van der Waals surface area contributed by atoms with Crippen molar-refractivity contribution >= 4 is 22.5 Å². The summed E-state index contributed by atoms with van der Waals surface area (Å²) in [5.41, 5.74) is 1.27. The van der Waals surface area contributed by atoms with Crippen molar-refractivity contribution in [2.24, 2.45) is 5.41 Å². The van der Waals surface area contributed by atoms with Crippen molar-refractivity contribution in [2.75, 3.05) is 45.3 Å². The van der Waals surface area contributed by atoms with Crippen LogP contribution in [0, 0.1) is 5.41 Å². The van der Waals surface area contributed by atoms with Crippen LogP contribution < -0.4 is 19.5 Å². The van der Waals surface area contributed by atoms with Gasteiger partial charge in [-0.1, -0.05) is 6.92 Å². The zero-order valence-corrected chi connectivity index (χ0v) is 20.7. The Kier molecular flexibility index (Phi) is 7.06. The van der Waals surface area contributed by atoms with E-state index >= 15 is 0 Å². The number of hydrogen-bond donors (Lipinski definition) is 1. The van der Waals surface area contributed by atoms with E-state index < -0.39 is 0 Å². The summed E-state index contributed by atoms with van der Waals surface area (Å²) >= 11 is 0. The zero-order valence-electron chi connectivity index (χ0n) is 20.7. The number of amides is 1. The predicted molar refractivity (Wildman–Crippen MR) is 138 cm³/mol. The largest absolute Gasteiger partial charge is 0.493 e. The Balaban J connectivity index is 1.28. The Bertz CT molecular complexity index is 1250. The summed E-state index contributed by atoms with van der Waals surface area (Å²) < 4.78 is 23.0. The zero-order chi connectivity index (χ0) is 25.0. The molecular formula is C28H31N3O5. The van der Waals surface area contributed by atoms with Crippen LogP contribution >= 0.6 is 0 Å². The molecule has 1 N–H and O–H groups in total. The normalized spacial score (nSPS) is 17.2. The third kappa shape index (κ3) is 5.61. The highest BCUT2D eigenvalue weighted by molar-refractivity contribution is 5.96. The van der Waals surface area contributed by atoms with Crippen molar-refractivity contribution in [3.05, 3.63) is 61.0 Å². The number of aromatic nitrogens is 1. The maximum absolute atomic E-state index is 12.3. The van der Waals surface area contributed by atoms with Crippen LogP contribution in [0.1, 0.15) is 19.8 Å². The van der Waals surface area contributed by atoms with Crippen LogP contribution in [0.3, 0.4) is 0 Å². The average Bonchev–Trinajstić information content (AvgIpc) is 3.66. The van der Waals surface area contributed by atoms with Gasteiger partial charge in [0.05, 0.1) is 32.1 Å². The Morgan fingerprint density at radius 1 is 1.11 bits per heavy atom. The van der Waals surface area contributed by atoms with Crippen LogP contribution in [0.25, 0.3) is 10.9 Å². The van der Waals surface area contributed by atoms with Gasteiger partial charge in [0.2, 0.25) is 5.91 Å². The molecule has 0 spiro atoms. The maximum Gasteiger partial charge on any atom is 0.230 e. The lowest BCUT2D eigenvalue weighted by atomic mass is 10.1. The number of carbonyl (C=O) groups excluding carboxylic acids is 1. The quantitative estimate of drug-likeness (QED) is 0.424. The predicted octanol–water partition coefficient (Wildman–Crippen LogP) is 5.00. The number of fused-ring (bicyclic) bond motifs is 1. The van der Waals surface area contributed by atoms with Gasteiger partial charge in [-0.3, -0.25) is 14.7 Å². The molecule has 36 heavy (non-hydrogen) atoms. The van der Waals surface area contributed by atoms with Crippen molar-refractivity contribution < 1.29 is 23.7 Å². The number of benzene rings is 2. The van der Waals surface area contributed by atoms with Crippen LogP contribution in [0.2, 0.25) is 0 Å². The van der Waals surface area contributed by atoms with Crippen LogP contribution in [0.4, 0.5) is 5.69 Å². The summed E-state index contributed by atoms with van der Waals surface area (Å²) in [7, 11) is 1.61. The summed E-state index contributed by atoms with van der Waals surface area (Å²) in [4.78, 5) is 19.1. The molecule has 1 saturated carbocycles. The summed E-state index contributed by atoms with van der Waals surface area (Å²) in [6.45, 7) is 6.17. The van der Waals surface area contributed by atoms with E-state index in [1.807, 2.05) is 55.5 Å². The SMILES string of the molecule is COc1cc2c(Oc3ccc(NC(=O)C4(C)CC4)cc3)ccnc2cc1O/C=C/CN1CCOCC1. The molecule has 1 aromatic heterocycles. The molecule has 8 nitrogen and oxygen atoms in total. The first kappa shape index (κ1) is 24.1. The number of ether oxygens (including phenoxy) is 4. The van der Waals surface area contributed by atoms with E-state index in [0.29, 0.717) is 23.0 Å². The number of nitrogens with one attached hydrogen (secondary N) is 1. The van der Waals surface area contributed by atoms with Crippen molar-refractivity contribution in [1.29, 1.82) is 0 Å². The van der Waals surface area contributed by atoms with Crippen LogP contribution in [0.5, 0.6) is 23.0 Å². The molecule has 3 aromatic rings. The Morgan fingerprint density at radius 2 is 1.89 bits per heavy atom. The summed E-state index contributed by atoms with van der Waals surface area (Å²) in [6.07, 6.45) is 7.25. The molecule has 1 amide bonds. The summed E-state index contributed by atoms with van der Waals surface area (Å²) in [6, 6.07) is 12.9. The van der Waals surface area contributed by atoms with Crippen molar-refractivity contribution in [3.63, 3.8) is 0 Å². The number of methoxy groups -OCH3 is 1. The van der Waals surface area contributed by atoms with Gasteiger partial charge in [-0.25, -0.2) is 0 Å². The molecule has 2 heterocycles. The van der Waals surface area contributed by atoms with Crippen LogP contribution in [-0.4, -0.2) is 55.7 Å². The standard InChI is InChI=1S/C28H31N3O5/c1-28(9-10-28)27(32)30-20-4-6-21(7-5-20)36-24-8-11-29-23-19-26(25(33-2)18-22(23)24)35-15-3-12-31-13-16-34-17-14-31/h3-8,11,15,18-19H,9-10,12-14,16-17H2,1-2H3,(H,30,32)/b15-3+. The molecule has 2 fully saturated rings. The highest BCUT2D eigenvalue weighted by atomic mass is 16.5. The molecule has 1 aliphatic heterocycles. The first-order valence-electron chi connectivity index (χ1n) is 12.2. The van der Waals surface area contributed by atoms with Gasteiger partial charge in [-0.05, 0) is 55.3 Å². The minimum absolute atomic E-state index is 0.0670. The molecule has 0 unspecified atom stereocenters. The second kappa shape index (κ2) is 10.6. The number of nitrogens with zero attached hydrogens (tertiary/aromatic N) is 2. The smallest absolute Gasteiger partial charge is 0.230 e. The monoisotopic (exact) mass is 489 g/mol. The van der Waals surface area contributed by atoms with Gasteiger partial charge in [-0.2, -0.15) is 0 Å². The Labute approximate surface area is 210 Å². The van der Waals surface area contributed by atoms with E-state index in [2.05, 4.69) is 15.2 Å². The fourth-order valence-corrected chi connectivity index (χ4v) is 4.00. The number of rotatable bonds is 9. The van der Waals surface area contributed by atoms with E-state index in [-0.39, 0.29) is 11.3 Å². The second-order valence-corrected chi connectivity index (χ2v) is 9.37. The fraction of sp³-hybridized carbons (Fsp3) is 0.357. The van der Waals surface area contributed by atoms with Crippen molar-refractivity contribution in [2.45, 2.75) is 19.8 Å². The molecule has 188 valence electrons. The Morgan fingerprint density at radius 3 is 2.61 bits per heavy atom. The number of hydrogen-bond acceptors (Lipinski definition) is 7. The summed E-state index contributed by atoms with van der Waals surface area (Å²) in [5, 5.41) is 3.78. The minimum atomic E-state index is -0.217. The van der Waals surface area contributed by atoms with Gasteiger partial charge >= 0.3 is 0 Å². The lowest BCUT2D eigenvalue weighted by Gasteiger charge is -2.24. The molecular weight excluding hydrogens is 458 g/mol. The number of morpholine rings is 1. The fourth-order valence-electron chi connectivity index (χ4n) is 4.00. The van der Waals surface area contributed by atoms with Gasteiger partial charge in [0, 0.05) is 48.4 Å². The van der Waals surface area contributed by atoms with Crippen molar-refractivity contribution in [1.82, 2.24) is 9.88 Å². The van der Waals surface area contributed by atoms with E-state index in [9.17, 15) is 4.79 Å². The van der Waals surface area contributed by atoms with E-state index in [1.165, 1.54) is 0 Å². The summed E-state index contributed by atoms with van der Waals surface area (Å²) in [5.74, 6) is 2.54. The highest BCUT2D eigenvalue weighted by Gasteiger charge is 2.44. The molecule has 8 heteroatoms. The molecule has 1 saturated heterocycles. The first-order chi connectivity index (χ1) is 17.5. The van der Waals surface area contributed by atoms with Crippen molar-refractivity contribution in [3.8, 4) is 23.0 Å².